The molecule has 0 aliphatic heterocycles. The molecule has 2 aromatic rings. The predicted octanol–water partition coefficient (Wildman–Crippen LogP) is 3.27. The fraction of sp³-hybridized carbons (Fsp3) is 0.250. The van der Waals surface area contributed by atoms with E-state index in [0.29, 0.717) is 44.2 Å². The van der Waals surface area contributed by atoms with Gasteiger partial charge in [-0.2, -0.15) is 0 Å². The molecule has 19 heteroatoms. The molecule has 43 heavy (non-hydrogen) atoms. The quantitative estimate of drug-likeness (QED) is 0.203. The molecule has 2 rings (SSSR count). The van der Waals surface area contributed by atoms with Crippen LogP contribution in [0, 0.1) is 21.4 Å². The summed E-state index contributed by atoms with van der Waals surface area (Å²) < 4.78 is 2.95. The summed E-state index contributed by atoms with van der Waals surface area (Å²) in [5.41, 5.74) is 1.77. The van der Waals surface area contributed by atoms with Gasteiger partial charge >= 0.3 is 0 Å². The van der Waals surface area contributed by atoms with Gasteiger partial charge in [-0.3, -0.25) is 19.2 Å². The van der Waals surface area contributed by atoms with Crippen molar-refractivity contribution in [1.82, 2.24) is 0 Å². The number of carbonyl (C=O) groups is 6. The van der Waals surface area contributed by atoms with Crippen molar-refractivity contribution in [2.75, 3.05) is 34.4 Å². The largest absolute Gasteiger partial charge is 0.545 e. The van der Waals surface area contributed by atoms with Crippen molar-refractivity contribution in [3.05, 3.63) is 32.5 Å². The third-order valence-corrected chi connectivity index (χ3v) is 11.1. The van der Waals surface area contributed by atoms with Gasteiger partial charge in [-0.15, -0.1) is 0 Å². The average Bonchev–Trinajstić information content (AvgIpc) is 2.83. The predicted molar refractivity (Wildman–Crippen MR) is 211 cm³/mol. The second-order valence-corrected chi connectivity index (χ2v) is 14.7. The summed E-state index contributed by atoms with van der Waals surface area (Å²) in [7, 11) is 0. The number of aromatic carboxylic acids is 2. The molecule has 230 valence electrons. The second-order valence-electron chi connectivity index (χ2n) is 8.18. The van der Waals surface area contributed by atoms with E-state index in [-0.39, 0.29) is 85.3 Å². The first-order valence-corrected chi connectivity index (χ1v) is 17.7. The molecule has 0 spiro atoms. The minimum Gasteiger partial charge on any atom is -0.545 e. The van der Waals surface area contributed by atoms with Gasteiger partial charge in [-0.1, -0.05) is 0 Å². The van der Waals surface area contributed by atoms with E-state index in [1.54, 1.807) is 0 Å². The van der Waals surface area contributed by atoms with Crippen LogP contribution in [0.25, 0.3) is 0 Å². The number of Topliss-reactive ketones (excluding diaryl/α,β-unsaturated/α-hetero) is 2. The van der Waals surface area contributed by atoms with Crippen LogP contribution >= 0.6 is 136 Å². The van der Waals surface area contributed by atoms with Crippen LogP contribution < -0.4 is 31.5 Å². The van der Waals surface area contributed by atoms with Gasteiger partial charge < -0.3 is 41.1 Å². The maximum atomic E-state index is 11.4. The fourth-order valence-corrected chi connectivity index (χ4v) is 11.5. The molecule has 0 saturated heterocycles. The molecule has 0 aromatic heterocycles. The topological polar surface area (TPSA) is 197 Å². The summed E-state index contributed by atoms with van der Waals surface area (Å²) in [5.74, 6) is -3.47. The Hall–Kier alpha value is 0.900. The number of amides is 2. The molecule has 12 nitrogen and oxygen atoms in total. The summed E-state index contributed by atoms with van der Waals surface area (Å²) >= 11 is 11.5. The summed E-state index contributed by atoms with van der Waals surface area (Å²) in [6, 6.07) is 0. The van der Waals surface area contributed by atoms with Crippen molar-refractivity contribution in [1.29, 1.82) is 0 Å². The van der Waals surface area contributed by atoms with Crippen LogP contribution in [0.2, 0.25) is 0 Å². The van der Waals surface area contributed by atoms with Gasteiger partial charge in [0.25, 0.3) is 0 Å². The Morgan fingerprint density at radius 2 is 0.767 bits per heavy atom. The molecule has 4 N–H and O–H groups in total. The first-order chi connectivity index (χ1) is 19.3. The van der Waals surface area contributed by atoms with Crippen molar-refractivity contribution in [2.24, 2.45) is 0 Å². The third-order valence-electron chi connectivity index (χ3n) is 4.67. The average molecular weight is 1290 g/mol. The summed E-state index contributed by atoms with van der Waals surface area (Å²) in [4.78, 5) is 67.6. The van der Waals surface area contributed by atoms with Crippen LogP contribution in [0.15, 0.2) is 0 Å². The zero-order chi connectivity index (χ0) is 32.6. The standard InChI is InChI=1S/2C12H11I3N2O4.Ca/c2*1-4(18)3-16-10-7(13)6(12(20)21)8(14)11(9(10)15)17-5(2)19;/h2*16H,3H2,1-2H3,(H,17,19)(H,20,21);/p-2. The number of nitrogens with one attached hydrogen (secondary N) is 4. The van der Waals surface area contributed by atoms with E-state index in [2.05, 4.69) is 21.3 Å². The van der Waals surface area contributed by atoms with Gasteiger partial charge in [0.15, 0.2) is 0 Å². The molecule has 0 bridgehead atoms. The summed E-state index contributed by atoms with van der Waals surface area (Å²) in [6.45, 7) is 5.66. The Balaban J connectivity index is 0.000000802. The van der Waals surface area contributed by atoms with E-state index in [9.17, 15) is 39.0 Å². The number of rotatable bonds is 10. The number of carbonyl (C=O) groups excluding carboxylic acids is 6. The van der Waals surface area contributed by atoms with E-state index in [4.69, 9.17) is 0 Å². The van der Waals surface area contributed by atoms with Crippen LogP contribution in [0.5, 0.6) is 0 Å². The smallest absolute Gasteiger partial charge is 0.221 e. The molecule has 0 atom stereocenters. The zero-order valence-corrected chi connectivity index (χ0v) is 37.8. The van der Waals surface area contributed by atoms with Crippen LogP contribution in [-0.4, -0.2) is 86.1 Å². The normalized spacial score (nSPS) is 9.91. The summed E-state index contributed by atoms with van der Waals surface area (Å²) in [5, 5.41) is 33.8. The van der Waals surface area contributed by atoms with E-state index in [1.807, 2.05) is 136 Å². The monoisotopic (exact) mass is 1290 g/mol. The third kappa shape index (κ3) is 12.8. The van der Waals surface area contributed by atoms with Gasteiger partial charge in [0.05, 0.1) is 54.9 Å². The Bertz CT molecular complexity index is 1380. The minimum atomic E-state index is -1.34. The van der Waals surface area contributed by atoms with E-state index in [0.717, 1.165) is 0 Å². The van der Waals surface area contributed by atoms with Gasteiger partial charge in [-0.25, -0.2) is 0 Å². The van der Waals surface area contributed by atoms with Gasteiger partial charge in [0.2, 0.25) is 11.8 Å². The molecular formula is C24H20CaI6N4O8-2. The molecular weight excluding hydrogens is 1270 g/mol. The molecule has 0 aliphatic carbocycles. The number of anilines is 4. The van der Waals surface area contributed by atoms with Crippen LogP contribution in [-0.2, 0) is 19.2 Å². The molecule has 2 amide bonds. The maximum Gasteiger partial charge on any atom is 0.221 e. The molecule has 0 heterocycles. The Morgan fingerprint density at radius 3 is 0.977 bits per heavy atom. The number of halogens is 6. The Labute approximate surface area is 358 Å². The first-order valence-electron chi connectivity index (χ1n) is 11.2. The van der Waals surface area contributed by atoms with Crippen LogP contribution in [0.3, 0.4) is 0 Å². The molecule has 0 fully saturated rings. The number of benzene rings is 2. The fourth-order valence-electron chi connectivity index (χ4n) is 2.99. The van der Waals surface area contributed by atoms with Gasteiger partial charge in [0.1, 0.15) is 11.6 Å². The number of hydrogen-bond acceptors (Lipinski definition) is 10. The number of ketones is 2. The molecule has 0 saturated carbocycles. The maximum absolute atomic E-state index is 11.4. The molecule has 0 unspecified atom stereocenters. The van der Waals surface area contributed by atoms with Crippen molar-refractivity contribution in [2.45, 2.75) is 27.7 Å². The molecule has 2 aromatic carbocycles. The number of carboxylic acids is 2. The van der Waals surface area contributed by atoms with E-state index >= 15 is 0 Å². The molecule has 2 radical (unpaired) electrons. The van der Waals surface area contributed by atoms with E-state index < -0.39 is 11.9 Å². The zero-order valence-electron chi connectivity index (χ0n) is 22.7. The SMILES string of the molecule is CC(=O)CNc1c(I)c(NC(C)=O)c(I)c(C(=O)[O-])c1I.CC(=O)CNc1c(I)c(NC(C)=O)c(I)c(C(=O)[O-])c1I.[Ca]. The summed E-state index contributed by atoms with van der Waals surface area (Å²) in [6.07, 6.45) is 0. The first kappa shape index (κ1) is 43.9. The Kier molecular flexibility index (Phi) is 20.7. The van der Waals surface area contributed by atoms with Crippen molar-refractivity contribution >= 4 is 231 Å². The van der Waals surface area contributed by atoms with Crippen LogP contribution in [0.1, 0.15) is 48.4 Å². The molecule has 0 aliphatic rings. The van der Waals surface area contributed by atoms with Gasteiger partial charge in [0, 0.05) is 77.0 Å². The van der Waals surface area contributed by atoms with Crippen molar-refractivity contribution < 1.29 is 39.0 Å². The minimum absolute atomic E-state index is 0. The second kappa shape index (κ2) is 20.3. The van der Waals surface area contributed by atoms with Crippen LogP contribution in [0.4, 0.5) is 22.7 Å². The van der Waals surface area contributed by atoms with E-state index in [1.165, 1.54) is 27.7 Å². The van der Waals surface area contributed by atoms with Crippen molar-refractivity contribution in [3.63, 3.8) is 0 Å². The number of hydrogen-bond donors (Lipinski definition) is 4. The van der Waals surface area contributed by atoms with Gasteiger partial charge in [-0.05, 0) is 149 Å². The number of carboxylic acid groups (broad SMARTS) is 2. The van der Waals surface area contributed by atoms with Crippen molar-refractivity contribution in [3.8, 4) is 0 Å². The Morgan fingerprint density at radius 1 is 0.512 bits per heavy atom.